The second kappa shape index (κ2) is 14.3. The SMILES string of the molecule is CC(C)(C)c1ccnc(-n2c3[c-]c(Oc4[c-]c(-n5nc(-c6ccccc6)c(-c6c(F)cc(F)cc6F)c5C(C)(C)C)ccc4)ccc3c3ccccc32)c1.[Pt+2]. The number of ether oxygens (including phenoxy) is 1. The molecule has 0 N–H and O–H groups in total. The zero-order valence-corrected chi connectivity index (χ0v) is 33.4. The van der Waals surface area contributed by atoms with Gasteiger partial charge in [-0.1, -0.05) is 95.6 Å². The first-order chi connectivity index (χ1) is 25.8. The molecule has 3 heterocycles. The summed E-state index contributed by atoms with van der Waals surface area (Å²) in [5.74, 6) is -1.40. The number of benzene rings is 5. The van der Waals surface area contributed by atoms with Gasteiger partial charge < -0.3 is 9.30 Å². The number of pyridine rings is 1. The fraction of sp³-hybridized carbons (Fsp3) is 0.174. The van der Waals surface area contributed by atoms with E-state index in [1.54, 1.807) is 10.7 Å². The number of nitrogens with zero attached hydrogens (tertiary/aromatic N) is 4. The molecular formula is C46H37F3N4OPt. The minimum absolute atomic E-state index is 0. The topological polar surface area (TPSA) is 44.9 Å². The van der Waals surface area contributed by atoms with Crippen LogP contribution in [0.3, 0.4) is 0 Å². The summed E-state index contributed by atoms with van der Waals surface area (Å²) in [5.41, 5.74) is 4.11. The van der Waals surface area contributed by atoms with Crippen LogP contribution in [0.2, 0.25) is 0 Å². The van der Waals surface area contributed by atoms with E-state index in [-0.39, 0.29) is 37.6 Å². The van der Waals surface area contributed by atoms with Crippen LogP contribution in [0.1, 0.15) is 52.8 Å². The average molecular weight is 914 g/mol. The Bertz CT molecular complexity index is 2680. The predicted octanol–water partition coefficient (Wildman–Crippen LogP) is 12.1. The number of hydrogen-bond donors (Lipinski definition) is 0. The normalized spacial score (nSPS) is 11.9. The molecule has 8 rings (SSSR count). The van der Waals surface area contributed by atoms with E-state index in [9.17, 15) is 4.39 Å². The summed E-state index contributed by atoms with van der Waals surface area (Å²) in [6, 6.07) is 39.0. The van der Waals surface area contributed by atoms with Gasteiger partial charge in [-0.2, -0.15) is 17.2 Å². The maximum Gasteiger partial charge on any atom is 2.00 e. The predicted molar refractivity (Wildman–Crippen MR) is 208 cm³/mol. The molecule has 5 aromatic carbocycles. The van der Waals surface area contributed by atoms with Crippen LogP contribution in [0.4, 0.5) is 13.2 Å². The van der Waals surface area contributed by atoms with Crippen LogP contribution in [-0.2, 0) is 31.9 Å². The molecule has 0 atom stereocenters. The molecule has 0 unspecified atom stereocenters. The Balaban J connectivity index is 0.00000465. The van der Waals surface area contributed by atoms with Gasteiger partial charge in [0.2, 0.25) is 0 Å². The second-order valence-corrected chi connectivity index (χ2v) is 15.4. The van der Waals surface area contributed by atoms with E-state index >= 15 is 8.78 Å². The molecule has 0 spiro atoms. The molecule has 278 valence electrons. The van der Waals surface area contributed by atoms with Gasteiger partial charge in [0.05, 0.1) is 11.3 Å². The van der Waals surface area contributed by atoms with Crippen LogP contribution in [0.25, 0.3) is 55.7 Å². The summed E-state index contributed by atoms with van der Waals surface area (Å²) in [5, 5.41) is 7.04. The van der Waals surface area contributed by atoms with Gasteiger partial charge in [-0.3, -0.25) is 4.68 Å². The Labute approximate surface area is 332 Å². The van der Waals surface area contributed by atoms with Crippen LogP contribution in [0, 0.1) is 29.6 Å². The van der Waals surface area contributed by atoms with Crippen LogP contribution in [0.15, 0.2) is 115 Å². The van der Waals surface area contributed by atoms with Gasteiger partial charge in [0, 0.05) is 51.9 Å². The first kappa shape index (κ1) is 37.8. The van der Waals surface area contributed by atoms with Crippen molar-refractivity contribution < 1.29 is 39.0 Å². The summed E-state index contributed by atoms with van der Waals surface area (Å²) in [6.07, 6.45) is 1.84. The van der Waals surface area contributed by atoms with Crippen LogP contribution in [0.5, 0.6) is 11.5 Å². The van der Waals surface area contributed by atoms with Crippen molar-refractivity contribution in [1.82, 2.24) is 19.3 Å². The van der Waals surface area contributed by atoms with Crippen molar-refractivity contribution in [2.75, 3.05) is 0 Å². The first-order valence-electron chi connectivity index (χ1n) is 17.7. The Morgan fingerprint density at radius 3 is 2.05 bits per heavy atom. The average Bonchev–Trinajstić information content (AvgIpc) is 3.68. The summed E-state index contributed by atoms with van der Waals surface area (Å²) in [7, 11) is 0. The second-order valence-electron chi connectivity index (χ2n) is 15.4. The zero-order valence-electron chi connectivity index (χ0n) is 31.1. The third kappa shape index (κ3) is 7.00. The quantitative estimate of drug-likeness (QED) is 0.156. The van der Waals surface area contributed by atoms with Gasteiger partial charge in [0.15, 0.2) is 0 Å². The molecule has 8 aromatic rings. The van der Waals surface area contributed by atoms with Crippen molar-refractivity contribution in [3.63, 3.8) is 0 Å². The first-order valence-corrected chi connectivity index (χ1v) is 17.7. The van der Waals surface area contributed by atoms with Crippen LogP contribution >= 0.6 is 0 Å². The van der Waals surface area contributed by atoms with E-state index in [0.29, 0.717) is 46.3 Å². The van der Waals surface area contributed by atoms with E-state index in [2.05, 4.69) is 55.7 Å². The van der Waals surface area contributed by atoms with Crippen molar-refractivity contribution >= 4 is 21.8 Å². The molecular weight excluding hydrogens is 877 g/mol. The van der Waals surface area contributed by atoms with Gasteiger partial charge >= 0.3 is 21.1 Å². The van der Waals surface area contributed by atoms with Gasteiger partial charge in [-0.25, -0.2) is 18.2 Å². The van der Waals surface area contributed by atoms with Crippen molar-refractivity contribution in [1.29, 1.82) is 0 Å². The molecule has 55 heavy (non-hydrogen) atoms. The van der Waals surface area contributed by atoms with E-state index in [1.807, 2.05) is 99.8 Å². The fourth-order valence-electron chi connectivity index (χ4n) is 7.02. The van der Waals surface area contributed by atoms with E-state index in [0.717, 1.165) is 33.2 Å². The smallest absolute Gasteiger partial charge is 0.509 e. The molecule has 0 bridgehead atoms. The molecule has 0 aliphatic rings. The number of rotatable bonds is 6. The number of aromatic nitrogens is 4. The minimum atomic E-state index is -1.01. The standard InChI is InChI=1S/C46H37F3N4O.Pt/c1-45(2,3)29-21-22-50-40(23-29)52-38-18-11-10-17-34(38)35-20-19-33(27-39(35)52)54-32-16-12-15-31(26-32)53-44(46(4,5)6)42(41-36(48)24-30(47)25-37(41)49)43(51-53)28-13-8-7-9-14-28;/h7-25H,1-6H3;/q-2;+2. The fourth-order valence-corrected chi connectivity index (χ4v) is 7.02. The summed E-state index contributed by atoms with van der Waals surface area (Å²) in [4.78, 5) is 4.77. The maximum atomic E-state index is 15.6. The molecule has 3 aromatic heterocycles. The van der Waals surface area contributed by atoms with E-state index in [1.165, 1.54) is 0 Å². The molecule has 0 fully saturated rings. The van der Waals surface area contributed by atoms with Crippen molar-refractivity contribution in [2.45, 2.75) is 52.4 Å². The number of hydrogen-bond acceptors (Lipinski definition) is 3. The molecule has 0 radical (unpaired) electrons. The maximum absolute atomic E-state index is 15.6. The third-order valence-corrected chi connectivity index (χ3v) is 9.50. The van der Waals surface area contributed by atoms with Crippen molar-refractivity contribution in [3.8, 4) is 45.4 Å². The zero-order chi connectivity index (χ0) is 37.9. The van der Waals surface area contributed by atoms with E-state index in [4.69, 9.17) is 14.8 Å². The van der Waals surface area contributed by atoms with Crippen molar-refractivity contribution in [2.24, 2.45) is 0 Å². The Kier molecular flexibility index (Phi) is 9.85. The molecule has 0 saturated carbocycles. The number of fused-ring (bicyclic) bond motifs is 3. The summed E-state index contributed by atoms with van der Waals surface area (Å²) >= 11 is 0. The minimum Gasteiger partial charge on any atom is -0.509 e. The molecule has 0 aliphatic heterocycles. The third-order valence-electron chi connectivity index (χ3n) is 9.50. The number of para-hydroxylation sites is 1. The number of halogens is 3. The summed E-state index contributed by atoms with van der Waals surface area (Å²) < 4.78 is 55.6. The van der Waals surface area contributed by atoms with Crippen LogP contribution in [-0.4, -0.2) is 19.3 Å². The molecule has 9 heteroatoms. The van der Waals surface area contributed by atoms with Crippen molar-refractivity contribution in [3.05, 3.63) is 156 Å². The molecule has 5 nitrogen and oxygen atoms in total. The van der Waals surface area contributed by atoms with Crippen LogP contribution < -0.4 is 4.74 Å². The Morgan fingerprint density at radius 2 is 1.35 bits per heavy atom. The Hall–Kier alpha value is -5.46. The van der Waals surface area contributed by atoms with Gasteiger partial charge in [0.1, 0.15) is 29.0 Å². The molecule has 0 saturated heterocycles. The Morgan fingerprint density at radius 1 is 0.655 bits per heavy atom. The monoisotopic (exact) mass is 913 g/mol. The van der Waals surface area contributed by atoms with E-state index < -0.39 is 22.9 Å². The van der Waals surface area contributed by atoms with Gasteiger partial charge in [-0.05, 0) is 40.3 Å². The van der Waals surface area contributed by atoms with Gasteiger partial charge in [-0.15, -0.1) is 35.7 Å². The largest absolute Gasteiger partial charge is 2.00 e. The molecule has 0 amide bonds. The molecule has 0 aliphatic carbocycles. The van der Waals surface area contributed by atoms with Gasteiger partial charge in [0.25, 0.3) is 0 Å². The summed E-state index contributed by atoms with van der Waals surface area (Å²) in [6.45, 7) is 12.3.